The van der Waals surface area contributed by atoms with E-state index in [-0.39, 0.29) is 18.9 Å². The molecule has 2 heterocycles. The molecule has 0 radical (unpaired) electrons. The van der Waals surface area contributed by atoms with Crippen molar-refractivity contribution in [3.05, 3.63) is 71.7 Å². The minimum Gasteiger partial charge on any atom is -0.490 e. The van der Waals surface area contributed by atoms with Crippen molar-refractivity contribution in [2.75, 3.05) is 18.9 Å². The molecule has 1 amide bonds. The Hall–Kier alpha value is -3.10. The number of pyridine rings is 2. The van der Waals surface area contributed by atoms with Crippen LogP contribution in [0.3, 0.4) is 0 Å². The minimum absolute atomic E-state index is 0.237. The lowest BCUT2D eigenvalue weighted by Gasteiger charge is -2.25. The van der Waals surface area contributed by atoms with Gasteiger partial charge in [0.25, 0.3) is 0 Å². The summed E-state index contributed by atoms with van der Waals surface area (Å²) in [5, 5.41) is 51.2. The lowest BCUT2D eigenvalue weighted by molar-refractivity contribution is -0.126. The quantitative estimate of drug-likeness (QED) is 0.0819. The number of thioether (sulfide) groups is 1. The number of amides is 1. The molecule has 3 aromatic rings. The summed E-state index contributed by atoms with van der Waals surface area (Å²) in [6, 6.07) is 14.3. The number of unbranched alkanes of at least 4 members (excludes halogenated alkanes) is 1. The maximum absolute atomic E-state index is 12.2. The van der Waals surface area contributed by atoms with Crippen LogP contribution in [0.25, 0.3) is 11.1 Å². The van der Waals surface area contributed by atoms with Crippen LogP contribution in [-0.4, -0.2) is 90.8 Å². The van der Waals surface area contributed by atoms with Gasteiger partial charge in [0.05, 0.1) is 41.7 Å². The van der Waals surface area contributed by atoms with Gasteiger partial charge < -0.3 is 40.3 Å². The summed E-state index contributed by atoms with van der Waals surface area (Å²) in [5.74, 6) is 1.37. The normalized spacial score (nSPS) is 17.8. The molecule has 2 fully saturated rings. The van der Waals surface area contributed by atoms with E-state index in [0.29, 0.717) is 19.1 Å². The number of carbonyl (C=O) groups is 1. The van der Waals surface area contributed by atoms with E-state index in [1.165, 1.54) is 0 Å². The second-order valence-electron chi connectivity index (χ2n) is 12.3. The van der Waals surface area contributed by atoms with Crippen LogP contribution in [0, 0.1) is 6.92 Å². The maximum atomic E-state index is 12.2. The van der Waals surface area contributed by atoms with Gasteiger partial charge >= 0.3 is 0 Å². The molecule has 47 heavy (non-hydrogen) atoms. The van der Waals surface area contributed by atoms with E-state index >= 15 is 0 Å². The average Bonchev–Trinajstić information content (AvgIpc) is 4.04. The Balaban J connectivity index is 1.09. The van der Waals surface area contributed by atoms with Gasteiger partial charge in [-0.2, -0.15) is 0 Å². The van der Waals surface area contributed by atoms with Crippen LogP contribution in [0.5, 0.6) is 5.75 Å². The van der Waals surface area contributed by atoms with Gasteiger partial charge in [0.15, 0.2) is 0 Å². The minimum atomic E-state index is -1.73. The number of rotatable bonds is 19. The van der Waals surface area contributed by atoms with Crippen molar-refractivity contribution >= 4 is 17.7 Å². The molecular formula is C35H45N3O8S. The fourth-order valence-electron chi connectivity index (χ4n) is 5.29. The first kappa shape index (κ1) is 35.2. The van der Waals surface area contributed by atoms with Gasteiger partial charge in [-0.15, -0.1) is 11.8 Å². The van der Waals surface area contributed by atoms with Gasteiger partial charge in [-0.25, -0.2) is 4.98 Å². The van der Waals surface area contributed by atoms with E-state index < -0.39 is 36.6 Å². The third-order valence-electron chi connectivity index (χ3n) is 8.55. The molecule has 0 spiro atoms. The van der Waals surface area contributed by atoms with E-state index in [4.69, 9.17) is 19.6 Å². The lowest BCUT2D eigenvalue weighted by Crippen LogP contribution is -2.49. The number of aliphatic hydroxyl groups is 5. The monoisotopic (exact) mass is 667 g/mol. The third kappa shape index (κ3) is 9.50. The summed E-state index contributed by atoms with van der Waals surface area (Å²) in [7, 11) is 0. The summed E-state index contributed by atoms with van der Waals surface area (Å²) >= 11 is 1.61. The fourth-order valence-corrected chi connectivity index (χ4v) is 6.19. The molecular weight excluding hydrogens is 622 g/mol. The van der Waals surface area contributed by atoms with Gasteiger partial charge in [-0.05, 0) is 80.5 Å². The molecule has 2 saturated carbocycles. The predicted octanol–water partition coefficient (Wildman–Crippen LogP) is 3.01. The Morgan fingerprint density at radius 3 is 2.53 bits per heavy atom. The summed E-state index contributed by atoms with van der Waals surface area (Å²) in [4.78, 5) is 21.5. The molecule has 12 heteroatoms. The highest BCUT2D eigenvalue weighted by Gasteiger charge is 2.48. The van der Waals surface area contributed by atoms with Gasteiger partial charge in [0.1, 0.15) is 24.1 Å². The van der Waals surface area contributed by atoms with Crippen LogP contribution in [0.1, 0.15) is 61.8 Å². The molecule has 5 rings (SSSR count). The Morgan fingerprint density at radius 1 is 1.02 bits per heavy atom. The van der Waals surface area contributed by atoms with E-state index in [1.54, 1.807) is 11.8 Å². The molecule has 6 N–H and O–H groups in total. The molecule has 1 unspecified atom stereocenters. The molecule has 0 bridgehead atoms. The van der Waals surface area contributed by atoms with Gasteiger partial charge in [-0.3, -0.25) is 9.78 Å². The maximum Gasteiger partial charge on any atom is 0.220 e. The standard InChI is InChI=1S/C35H45N3O8S/c1-22-9-12-32(47-17-5-4-8-31(42)37-19-28(40)33(43)34(44)29(41)20-39)38-27(22)21-45-35(14-15-35)26-18-36-16-13-24(26)25-6-2-3-7-30(25)46-23-10-11-23/h2-3,6-7,9,12-13,16,18,23,28-29,33-34,39-41,43-44H,4-5,8,10-11,14-15,17,19-21H2,1H3,(H,37,42)/t28-,29?,33+,34+/m0/s1. The largest absolute Gasteiger partial charge is 0.490 e. The lowest BCUT2D eigenvalue weighted by atomic mass is 9.96. The van der Waals surface area contributed by atoms with Crippen LogP contribution in [-0.2, 0) is 21.7 Å². The molecule has 1 aromatic carbocycles. The number of aryl methyl sites for hydroxylation is 1. The van der Waals surface area contributed by atoms with Crippen LogP contribution in [0.2, 0.25) is 0 Å². The number of carbonyl (C=O) groups excluding carboxylic acids is 1. The second-order valence-corrected chi connectivity index (χ2v) is 13.5. The number of benzene rings is 1. The zero-order valence-electron chi connectivity index (χ0n) is 26.6. The highest BCUT2D eigenvalue weighted by molar-refractivity contribution is 7.99. The summed E-state index contributed by atoms with van der Waals surface area (Å²) in [6.07, 6.45) is 3.17. The van der Waals surface area contributed by atoms with Gasteiger partial charge in [0, 0.05) is 36.5 Å². The van der Waals surface area contributed by atoms with Crippen molar-refractivity contribution in [2.45, 2.75) is 99.6 Å². The zero-order chi connectivity index (χ0) is 33.4. The van der Waals surface area contributed by atoms with Crippen LogP contribution >= 0.6 is 11.8 Å². The smallest absolute Gasteiger partial charge is 0.220 e. The van der Waals surface area contributed by atoms with E-state index in [9.17, 15) is 25.2 Å². The number of para-hydroxylation sites is 1. The number of hydrogen-bond acceptors (Lipinski definition) is 11. The third-order valence-corrected chi connectivity index (χ3v) is 9.57. The van der Waals surface area contributed by atoms with E-state index in [1.807, 2.05) is 49.6 Å². The Morgan fingerprint density at radius 2 is 1.79 bits per heavy atom. The molecule has 2 aliphatic carbocycles. The van der Waals surface area contributed by atoms with E-state index in [0.717, 1.165) is 76.6 Å². The predicted molar refractivity (Wildman–Crippen MR) is 177 cm³/mol. The van der Waals surface area contributed by atoms with Crippen molar-refractivity contribution in [3.63, 3.8) is 0 Å². The average molecular weight is 668 g/mol. The highest BCUT2D eigenvalue weighted by atomic mass is 32.2. The van der Waals surface area contributed by atoms with Crippen molar-refractivity contribution in [3.8, 4) is 16.9 Å². The Labute approximate surface area is 279 Å². The van der Waals surface area contributed by atoms with Crippen molar-refractivity contribution in [1.29, 1.82) is 0 Å². The van der Waals surface area contributed by atoms with Gasteiger partial charge in [-0.1, -0.05) is 24.3 Å². The Bertz CT molecular complexity index is 1480. The SMILES string of the molecule is Cc1ccc(SCCCCC(=O)NC[C@H](O)[C@@H](O)[C@H](O)C(O)CO)nc1COC1(c2cnccc2-c2ccccc2OC2CC2)CC1. The van der Waals surface area contributed by atoms with Crippen molar-refractivity contribution in [1.82, 2.24) is 15.3 Å². The number of hydrogen-bond donors (Lipinski definition) is 6. The number of ether oxygens (including phenoxy) is 2. The molecule has 2 aliphatic rings. The molecule has 4 atom stereocenters. The number of aromatic nitrogens is 2. The summed E-state index contributed by atoms with van der Waals surface area (Å²) in [5.41, 5.74) is 4.75. The van der Waals surface area contributed by atoms with Crippen LogP contribution in [0.15, 0.2) is 59.9 Å². The van der Waals surface area contributed by atoms with Gasteiger partial charge in [0.2, 0.25) is 5.91 Å². The number of nitrogens with zero attached hydrogens (tertiary/aromatic N) is 2. The number of nitrogens with one attached hydrogen (secondary N) is 1. The molecule has 0 saturated heterocycles. The second kappa shape index (κ2) is 16.3. The first-order valence-electron chi connectivity index (χ1n) is 16.2. The zero-order valence-corrected chi connectivity index (χ0v) is 27.4. The first-order chi connectivity index (χ1) is 22.7. The summed E-state index contributed by atoms with van der Waals surface area (Å²) in [6.45, 7) is 1.37. The first-order valence-corrected chi connectivity index (χ1v) is 17.2. The summed E-state index contributed by atoms with van der Waals surface area (Å²) < 4.78 is 12.9. The van der Waals surface area contributed by atoms with Crippen LogP contribution < -0.4 is 10.1 Å². The van der Waals surface area contributed by atoms with Crippen LogP contribution in [0.4, 0.5) is 0 Å². The van der Waals surface area contributed by atoms with Crippen molar-refractivity contribution < 1.29 is 39.8 Å². The van der Waals surface area contributed by atoms with Crippen molar-refractivity contribution in [2.24, 2.45) is 0 Å². The Kier molecular flexibility index (Phi) is 12.2. The highest BCUT2D eigenvalue weighted by Crippen LogP contribution is 2.53. The molecule has 2 aromatic heterocycles. The molecule has 0 aliphatic heterocycles. The molecule has 11 nitrogen and oxygen atoms in total. The fraction of sp³-hybridized carbons (Fsp3) is 0.514. The number of aliphatic hydroxyl groups excluding tert-OH is 5. The topological polar surface area (TPSA) is 174 Å². The van der Waals surface area contributed by atoms with E-state index in [2.05, 4.69) is 22.4 Å². The molecule has 254 valence electrons.